The van der Waals surface area contributed by atoms with Gasteiger partial charge in [0, 0.05) is 12.6 Å². The van der Waals surface area contributed by atoms with E-state index in [0.29, 0.717) is 24.2 Å². The van der Waals surface area contributed by atoms with Gasteiger partial charge in [-0.25, -0.2) is 0 Å². The Morgan fingerprint density at radius 1 is 1.15 bits per heavy atom. The van der Waals surface area contributed by atoms with E-state index in [1.165, 1.54) is 10.2 Å². The van der Waals surface area contributed by atoms with Crippen molar-refractivity contribution in [1.82, 2.24) is 19.9 Å². The van der Waals surface area contributed by atoms with Gasteiger partial charge in [0.05, 0.1) is 18.7 Å². The van der Waals surface area contributed by atoms with Crippen molar-refractivity contribution in [3.63, 3.8) is 0 Å². The summed E-state index contributed by atoms with van der Waals surface area (Å²) in [5.41, 5.74) is 1.79. The highest BCUT2D eigenvalue weighted by Gasteiger charge is 2.26. The molecular weight excluding hydrogens is 328 g/mol. The average molecular weight is 350 g/mol. The molecule has 134 valence electrons. The number of benzene rings is 2. The quantitative estimate of drug-likeness (QED) is 0.708. The van der Waals surface area contributed by atoms with E-state index in [9.17, 15) is 4.79 Å². The summed E-state index contributed by atoms with van der Waals surface area (Å²) in [6.45, 7) is 4.04. The Kier molecular flexibility index (Phi) is 4.67. The van der Waals surface area contributed by atoms with Crippen molar-refractivity contribution in [2.24, 2.45) is 0 Å². The lowest BCUT2D eigenvalue weighted by Crippen LogP contribution is -2.34. The van der Waals surface area contributed by atoms with Crippen LogP contribution in [0.15, 0.2) is 53.3 Å². The van der Waals surface area contributed by atoms with E-state index in [2.05, 4.69) is 27.3 Å². The summed E-state index contributed by atoms with van der Waals surface area (Å²) < 4.78 is 6.99. The molecule has 0 aliphatic carbocycles. The third-order valence-corrected chi connectivity index (χ3v) is 4.88. The number of likely N-dealkylation sites (tertiary alicyclic amines) is 1. The molecule has 0 amide bonds. The Balaban J connectivity index is 1.57. The van der Waals surface area contributed by atoms with Crippen molar-refractivity contribution >= 4 is 10.9 Å². The van der Waals surface area contributed by atoms with E-state index in [1.807, 2.05) is 37.3 Å². The van der Waals surface area contributed by atoms with E-state index in [1.54, 1.807) is 6.07 Å². The van der Waals surface area contributed by atoms with Crippen molar-refractivity contribution in [2.75, 3.05) is 13.2 Å². The Labute approximate surface area is 152 Å². The molecule has 3 aromatic rings. The first-order valence-electron chi connectivity index (χ1n) is 9.05. The maximum absolute atomic E-state index is 12.7. The zero-order valence-corrected chi connectivity index (χ0v) is 14.8. The standard InChI is InChI=1S/C20H22N4O2/c1-2-26-16-11-9-15(10-12-16)19-8-5-13-23(19)14-24-20(25)17-6-3-4-7-18(17)21-22-24/h3-4,6-7,9-12,19H,2,5,8,13-14H2,1H3/t19-/m0/s1. The molecule has 1 aliphatic rings. The minimum Gasteiger partial charge on any atom is -0.494 e. The van der Waals surface area contributed by atoms with Crippen molar-refractivity contribution in [3.8, 4) is 5.75 Å². The summed E-state index contributed by atoms with van der Waals surface area (Å²) in [5.74, 6) is 0.886. The molecule has 4 rings (SSSR count). The first kappa shape index (κ1) is 16.7. The fourth-order valence-electron chi connectivity index (χ4n) is 3.61. The SMILES string of the molecule is CCOc1ccc([C@@H]2CCCN2Cn2nnc3ccccc3c2=O)cc1. The first-order valence-corrected chi connectivity index (χ1v) is 9.05. The highest BCUT2D eigenvalue weighted by atomic mass is 16.5. The zero-order chi connectivity index (χ0) is 17.9. The van der Waals surface area contributed by atoms with Crippen LogP contribution in [0.5, 0.6) is 5.75 Å². The third-order valence-electron chi connectivity index (χ3n) is 4.88. The number of fused-ring (bicyclic) bond motifs is 1. The smallest absolute Gasteiger partial charge is 0.278 e. The molecule has 1 saturated heterocycles. The van der Waals surface area contributed by atoms with Crippen molar-refractivity contribution in [1.29, 1.82) is 0 Å². The summed E-state index contributed by atoms with van der Waals surface area (Å²) in [5, 5.41) is 8.92. The summed E-state index contributed by atoms with van der Waals surface area (Å²) in [6, 6.07) is 15.9. The van der Waals surface area contributed by atoms with Gasteiger partial charge < -0.3 is 4.74 Å². The van der Waals surface area contributed by atoms with Crippen LogP contribution in [0.25, 0.3) is 10.9 Å². The summed E-state index contributed by atoms with van der Waals surface area (Å²) in [7, 11) is 0. The minimum absolute atomic E-state index is 0.0899. The third kappa shape index (κ3) is 3.20. The highest BCUT2D eigenvalue weighted by Crippen LogP contribution is 2.32. The molecule has 1 aliphatic heterocycles. The van der Waals surface area contributed by atoms with Crippen molar-refractivity contribution in [2.45, 2.75) is 32.5 Å². The molecule has 0 saturated carbocycles. The van der Waals surface area contributed by atoms with Gasteiger partial charge in [-0.15, -0.1) is 5.10 Å². The number of hydrogen-bond acceptors (Lipinski definition) is 5. The Hall–Kier alpha value is -2.73. The highest BCUT2D eigenvalue weighted by molar-refractivity contribution is 5.76. The van der Waals surface area contributed by atoms with Gasteiger partial charge in [0.15, 0.2) is 0 Å². The van der Waals surface area contributed by atoms with Gasteiger partial charge in [-0.2, -0.15) is 4.68 Å². The van der Waals surface area contributed by atoms with Crippen LogP contribution in [0.2, 0.25) is 0 Å². The lowest BCUT2D eigenvalue weighted by Gasteiger charge is -2.24. The van der Waals surface area contributed by atoms with Gasteiger partial charge in [0.2, 0.25) is 0 Å². The molecule has 1 aromatic heterocycles. The molecule has 0 unspecified atom stereocenters. The second-order valence-electron chi connectivity index (χ2n) is 6.53. The van der Waals surface area contributed by atoms with Gasteiger partial charge in [-0.3, -0.25) is 9.69 Å². The van der Waals surface area contributed by atoms with Crippen LogP contribution in [0.4, 0.5) is 0 Å². The van der Waals surface area contributed by atoms with Gasteiger partial charge in [0.1, 0.15) is 11.3 Å². The Bertz CT molecular complexity index is 952. The van der Waals surface area contributed by atoms with Gasteiger partial charge in [-0.1, -0.05) is 29.5 Å². The number of aromatic nitrogens is 3. The van der Waals surface area contributed by atoms with E-state index in [0.717, 1.165) is 25.1 Å². The van der Waals surface area contributed by atoms with Crippen LogP contribution < -0.4 is 10.3 Å². The molecule has 0 bridgehead atoms. The van der Waals surface area contributed by atoms with Gasteiger partial charge >= 0.3 is 0 Å². The first-order chi connectivity index (χ1) is 12.8. The summed E-state index contributed by atoms with van der Waals surface area (Å²) in [4.78, 5) is 15.0. The maximum Gasteiger partial charge on any atom is 0.278 e. The number of ether oxygens (including phenoxy) is 1. The lowest BCUT2D eigenvalue weighted by molar-refractivity contribution is 0.184. The molecule has 1 fully saturated rings. The second kappa shape index (κ2) is 7.25. The van der Waals surface area contributed by atoms with Crippen molar-refractivity contribution < 1.29 is 4.74 Å². The van der Waals surface area contributed by atoms with E-state index < -0.39 is 0 Å². The lowest BCUT2D eigenvalue weighted by atomic mass is 10.0. The largest absolute Gasteiger partial charge is 0.494 e. The molecule has 0 radical (unpaired) electrons. The average Bonchev–Trinajstić information content (AvgIpc) is 3.13. The van der Waals surface area contributed by atoms with Crippen LogP contribution in [-0.4, -0.2) is 33.0 Å². The molecule has 2 aromatic carbocycles. The molecule has 1 atom stereocenters. The fraction of sp³-hybridized carbons (Fsp3) is 0.350. The maximum atomic E-state index is 12.7. The molecule has 6 heteroatoms. The molecule has 2 heterocycles. The van der Waals surface area contributed by atoms with Crippen molar-refractivity contribution in [3.05, 3.63) is 64.4 Å². The predicted molar refractivity (Wildman–Crippen MR) is 100 cm³/mol. The molecule has 6 nitrogen and oxygen atoms in total. The monoisotopic (exact) mass is 350 g/mol. The number of rotatable bonds is 5. The van der Waals surface area contributed by atoms with E-state index in [4.69, 9.17) is 4.74 Å². The minimum atomic E-state index is -0.0899. The molecular formula is C20H22N4O2. The van der Waals surface area contributed by atoms with Gasteiger partial charge in [0.25, 0.3) is 5.56 Å². The Morgan fingerprint density at radius 3 is 2.77 bits per heavy atom. The van der Waals surface area contributed by atoms with Crippen LogP contribution >= 0.6 is 0 Å². The zero-order valence-electron chi connectivity index (χ0n) is 14.8. The Morgan fingerprint density at radius 2 is 1.96 bits per heavy atom. The number of hydrogen-bond donors (Lipinski definition) is 0. The summed E-state index contributed by atoms with van der Waals surface area (Å²) >= 11 is 0. The van der Waals surface area contributed by atoms with E-state index in [-0.39, 0.29) is 11.6 Å². The summed E-state index contributed by atoms with van der Waals surface area (Å²) in [6.07, 6.45) is 2.18. The molecule has 26 heavy (non-hydrogen) atoms. The van der Waals surface area contributed by atoms with Crippen LogP contribution in [0.3, 0.4) is 0 Å². The molecule has 0 N–H and O–H groups in total. The van der Waals surface area contributed by atoms with E-state index >= 15 is 0 Å². The molecule has 0 spiro atoms. The van der Waals surface area contributed by atoms with Gasteiger partial charge in [-0.05, 0) is 49.6 Å². The predicted octanol–water partition coefficient (Wildman–Crippen LogP) is 2.98. The van der Waals surface area contributed by atoms with Crippen LogP contribution in [0.1, 0.15) is 31.4 Å². The second-order valence-corrected chi connectivity index (χ2v) is 6.53. The normalized spacial score (nSPS) is 17.7. The van der Waals surface area contributed by atoms with Crippen LogP contribution in [-0.2, 0) is 6.67 Å². The number of nitrogens with zero attached hydrogens (tertiary/aromatic N) is 4. The fourth-order valence-corrected chi connectivity index (χ4v) is 3.61. The topological polar surface area (TPSA) is 60.2 Å². The van der Waals surface area contributed by atoms with Crippen LogP contribution in [0, 0.1) is 0 Å².